The maximum Gasteiger partial charge on any atom is 0.257 e. The van der Waals surface area contributed by atoms with Crippen molar-refractivity contribution in [2.24, 2.45) is 0 Å². The molecule has 4 aromatic rings. The van der Waals surface area contributed by atoms with Crippen molar-refractivity contribution in [3.8, 4) is 17.1 Å². The Hall–Kier alpha value is -3.06. The molecular formula is C19H18N4O2S. The molecule has 7 heteroatoms. The van der Waals surface area contributed by atoms with Gasteiger partial charge in [-0.25, -0.2) is 0 Å². The summed E-state index contributed by atoms with van der Waals surface area (Å²) in [7, 11) is 1.66. The number of anilines is 1. The molecule has 26 heavy (non-hydrogen) atoms. The van der Waals surface area contributed by atoms with Crippen molar-refractivity contribution in [1.29, 1.82) is 0 Å². The lowest BCUT2D eigenvalue weighted by Crippen LogP contribution is -2.10. The molecule has 1 aromatic carbocycles. The number of methoxy groups -OCH3 is 1. The van der Waals surface area contributed by atoms with Gasteiger partial charge >= 0.3 is 0 Å². The molecule has 0 saturated heterocycles. The summed E-state index contributed by atoms with van der Waals surface area (Å²) in [4.78, 5) is 12.2. The highest BCUT2D eigenvalue weighted by atomic mass is 32.1. The van der Waals surface area contributed by atoms with Gasteiger partial charge in [-0.15, -0.1) is 0 Å². The summed E-state index contributed by atoms with van der Waals surface area (Å²) in [6, 6.07) is 11.8. The van der Waals surface area contributed by atoms with E-state index in [1.54, 1.807) is 13.2 Å². The lowest BCUT2D eigenvalue weighted by molar-refractivity contribution is 0.102. The van der Waals surface area contributed by atoms with Gasteiger partial charge in [-0.1, -0.05) is 0 Å². The number of carbonyl (C=O) groups excluding carboxylic acids is 1. The standard InChI is InChI=1S/C19H18N4O2S/c1-3-23-16-5-4-14(25-2)8-13(16)9-17(23)15-10-18(22-21-15)20-19(24)12-6-7-26-11-12/h4-11H,3H2,1-2H3,(H2,20,21,22,24). The van der Waals surface area contributed by atoms with E-state index in [9.17, 15) is 4.79 Å². The number of carbonyl (C=O) groups is 1. The Balaban J connectivity index is 1.67. The summed E-state index contributed by atoms with van der Waals surface area (Å²) < 4.78 is 7.52. The highest BCUT2D eigenvalue weighted by molar-refractivity contribution is 7.08. The quantitative estimate of drug-likeness (QED) is 0.551. The van der Waals surface area contributed by atoms with Crippen LogP contribution in [0.3, 0.4) is 0 Å². The maximum atomic E-state index is 12.2. The van der Waals surface area contributed by atoms with Crippen LogP contribution in [0, 0.1) is 0 Å². The van der Waals surface area contributed by atoms with Gasteiger partial charge in [0.05, 0.1) is 24.1 Å². The Kier molecular flexibility index (Phi) is 4.22. The summed E-state index contributed by atoms with van der Waals surface area (Å²) in [6.45, 7) is 2.92. The number of aromatic nitrogens is 3. The van der Waals surface area contributed by atoms with Crippen LogP contribution >= 0.6 is 11.3 Å². The Morgan fingerprint density at radius 1 is 1.31 bits per heavy atom. The van der Waals surface area contributed by atoms with Crippen molar-refractivity contribution in [2.75, 3.05) is 12.4 Å². The first-order valence-electron chi connectivity index (χ1n) is 8.26. The van der Waals surface area contributed by atoms with Crippen LogP contribution < -0.4 is 10.1 Å². The number of amides is 1. The van der Waals surface area contributed by atoms with Gasteiger partial charge in [0, 0.05) is 28.9 Å². The van der Waals surface area contributed by atoms with Gasteiger partial charge in [-0.05, 0) is 42.6 Å². The number of hydrogen-bond donors (Lipinski definition) is 2. The van der Waals surface area contributed by atoms with Gasteiger partial charge in [0.1, 0.15) is 5.75 Å². The Bertz CT molecular complexity index is 1060. The molecule has 0 aliphatic heterocycles. The lowest BCUT2D eigenvalue weighted by Gasteiger charge is -2.06. The first-order valence-corrected chi connectivity index (χ1v) is 9.20. The highest BCUT2D eigenvalue weighted by Gasteiger charge is 2.14. The molecule has 0 atom stereocenters. The van der Waals surface area contributed by atoms with Gasteiger partial charge in [0.2, 0.25) is 0 Å². The molecule has 0 aliphatic carbocycles. The first-order chi connectivity index (χ1) is 12.7. The molecule has 0 bridgehead atoms. The van der Waals surface area contributed by atoms with Gasteiger partial charge in [0.15, 0.2) is 5.82 Å². The second kappa shape index (κ2) is 6.68. The molecule has 0 unspecified atom stereocenters. The van der Waals surface area contributed by atoms with E-state index in [0.29, 0.717) is 11.4 Å². The zero-order valence-corrected chi connectivity index (χ0v) is 15.3. The normalized spacial score (nSPS) is 11.0. The minimum absolute atomic E-state index is 0.162. The number of fused-ring (bicyclic) bond motifs is 1. The van der Waals surface area contributed by atoms with E-state index in [4.69, 9.17) is 4.74 Å². The minimum atomic E-state index is -0.162. The van der Waals surface area contributed by atoms with Gasteiger partial charge < -0.3 is 14.6 Å². The van der Waals surface area contributed by atoms with E-state index in [1.165, 1.54) is 11.3 Å². The molecule has 0 radical (unpaired) electrons. The van der Waals surface area contributed by atoms with E-state index < -0.39 is 0 Å². The molecule has 3 aromatic heterocycles. The Morgan fingerprint density at radius 2 is 2.19 bits per heavy atom. The number of benzene rings is 1. The highest BCUT2D eigenvalue weighted by Crippen LogP contribution is 2.30. The fourth-order valence-corrected chi connectivity index (χ4v) is 3.67. The van der Waals surface area contributed by atoms with E-state index >= 15 is 0 Å². The Labute approximate surface area is 154 Å². The summed E-state index contributed by atoms with van der Waals surface area (Å²) in [5.74, 6) is 1.16. The molecule has 1 amide bonds. The van der Waals surface area contributed by atoms with Crippen molar-refractivity contribution >= 4 is 34.0 Å². The second-order valence-electron chi connectivity index (χ2n) is 5.83. The summed E-state index contributed by atoms with van der Waals surface area (Å²) in [6.07, 6.45) is 0. The topological polar surface area (TPSA) is 71.9 Å². The van der Waals surface area contributed by atoms with Gasteiger partial charge in [-0.2, -0.15) is 16.4 Å². The third-order valence-corrected chi connectivity index (χ3v) is 4.99. The number of H-pyrrole nitrogens is 1. The molecule has 2 N–H and O–H groups in total. The van der Waals surface area contributed by atoms with Crippen molar-refractivity contribution in [3.05, 3.63) is 52.7 Å². The first kappa shape index (κ1) is 16.4. The maximum absolute atomic E-state index is 12.2. The summed E-state index contributed by atoms with van der Waals surface area (Å²) in [5.41, 5.74) is 3.62. The molecule has 0 aliphatic rings. The molecular weight excluding hydrogens is 348 g/mol. The molecule has 0 saturated carbocycles. The van der Waals surface area contributed by atoms with E-state index in [2.05, 4.69) is 39.1 Å². The summed E-state index contributed by atoms with van der Waals surface area (Å²) >= 11 is 1.49. The zero-order valence-electron chi connectivity index (χ0n) is 14.4. The monoisotopic (exact) mass is 366 g/mol. The number of nitrogens with zero attached hydrogens (tertiary/aromatic N) is 2. The number of nitrogens with one attached hydrogen (secondary N) is 2. The third-order valence-electron chi connectivity index (χ3n) is 4.30. The largest absolute Gasteiger partial charge is 0.497 e. The lowest BCUT2D eigenvalue weighted by atomic mass is 10.2. The molecule has 132 valence electrons. The average molecular weight is 366 g/mol. The van der Waals surface area contributed by atoms with Gasteiger partial charge in [-0.3, -0.25) is 9.89 Å². The van der Waals surface area contributed by atoms with Crippen LogP contribution in [-0.2, 0) is 6.54 Å². The number of aryl methyl sites for hydroxylation is 1. The van der Waals surface area contributed by atoms with Crippen molar-refractivity contribution in [3.63, 3.8) is 0 Å². The molecule has 0 spiro atoms. The molecule has 3 heterocycles. The van der Waals surface area contributed by atoms with E-state index in [-0.39, 0.29) is 5.91 Å². The molecule has 4 rings (SSSR count). The zero-order chi connectivity index (χ0) is 18.1. The number of aromatic amines is 1. The predicted molar refractivity (Wildman–Crippen MR) is 104 cm³/mol. The number of ether oxygens (including phenoxy) is 1. The number of thiophene rings is 1. The van der Waals surface area contributed by atoms with Crippen LogP contribution in [0.1, 0.15) is 17.3 Å². The SMILES string of the molecule is CCn1c(-c2cc(NC(=O)c3ccsc3)n[nH]2)cc2cc(OC)ccc21. The Morgan fingerprint density at radius 3 is 2.92 bits per heavy atom. The van der Waals surface area contributed by atoms with Gasteiger partial charge in [0.25, 0.3) is 5.91 Å². The third kappa shape index (κ3) is 2.86. The van der Waals surface area contributed by atoms with Crippen LogP contribution in [0.2, 0.25) is 0 Å². The van der Waals surface area contributed by atoms with Crippen LogP contribution in [0.15, 0.2) is 47.2 Å². The summed E-state index contributed by atoms with van der Waals surface area (Å²) in [5, 5.41) is 14.9. The van der Waals surface area contributed by atoms with Crippen LogP contribution in [0.5, 0.6) is 5.75 Å². The number of rotatable bonds is 5. The fourth-order valence-electron chi connectivity index (χ4n) is 3.04. The smallest absolute Gasteiger partial charge is 0.257 e. The van der Waals surface area contributed by atoms with E-state index in [0.717, 1.165) is 34.6 Å². The molecule has 0 fully saturated rings. The average Bonchev–Trinajstić information content (AvgIpc) is 3.39. The van der Waals surface area contributed by atoms with Crippen LogP contribution in [0.25, 0.3) is 22.3 Å². The minimum Gasteiger partial charge on any atom is -0.497 e. The molecule has 6 nitrogen and oxygen atoms in total. The van der Waals surface area contributed by atoms with Crippen molar-refractivity contribution in [2.45, 2.75) is 13.5 Å². The predicted octanol–water partition coefficient (Wildman–Crippen LogP) is 4.37. The van der Waals surface area contributed by atoms with Crippen LogP contribution in [-0.4, -0.2) is 27.8 Å². The van der Waals surface area contributed by atoms with Crippen LogP contribution in [0.4, 0.5) is 5.82 Å². The van der Waals surface area contributed by atoms with Crippen molar-refractivity contribution < 1.29 is 9.53 Å². The van der Waals surface area contributed by atoms with Crippen molar-refractivity contribution in [1.82, 2.24) is 14.8 Å². The second-order valence-corrected chi connectivity index (χ2v) is 6.61. The van der Waals surface area contributed by atoms with E-state index in [1.807, 2.05) is 29.0 Å². The number of hydrogen-bond acceptors (Lipinski definition) is 4. The fraction of sp³-hybridized carbons (Fsp3) is 0.158.